The molecule has 0 aliphatic carbocycles. The molecule has 0 bridgehead atoms. The summed E-state index contributed by atoms with van der Waals surface area (Å²) >= 11 is 0. The fourth-order valence-corrected chi connectivity index (χ4v) is 3.19. The van der Waals surface area contributed by atoms with Gasteiger partial charge < -0.3 is 9.47 Å². The molecule has 2 amide bonds. The SMILES string of the molecule is CCCOc1ccccc1S(=O)(=O)NC(=O)NC1=NC(OC)N(OCC(F)(F)F)C=N1. The number of sulfonamides is 1. The molecule has 11 nitrogen and oxygen atoms in total. The summed E-state index contributed by atoms with van der Waals surface area (Å²) in [4.78, 5) is 23.7. The molecule has 1 atom stereocenters. The fourth-order valence-electron chi connectivity index (χ4n) is 2.14. The first kappa shape index (κ1) is 24.4. The second-order valence-corrected chi connectivity index (χ2v) is 7.51. The summed E-state index contributed by atoms with van der Waals surface area (Å²) in [6.45, 7) is 0.502. The number of hydroxylamine groups is 2. The van der Waals surface area contributed by atoms with Gasteiger partial charge in [0.05, 0.1) is 6.61 Å². The lowest BCUT2D eigenvalue weighted by atomic mass is 10.3. The Balaban J connectivity index is 2.04. The van der Waals surface area contributed by atoms with E-state index in [1.54, 1.807) is 10.8 Å². The number of hydrogen-bond acceptors (Lipinski definition) is 9. The quantitative estimate of drug-likeness (QED) is 0.594. The highest BCUT2D eigenvalue weighted by Crippen LogP contribution is 2.23. The summed E-state index contributed by atoms with van der Waals surface area (Å²) in [5.41, 5.74) is 0. The molecule has 15 heteroatoms. The van der Waals surface area contributed by atoms with Crippen molar-refractivity contribution in [2.75, 3.05) is 20.3 Å². The molecule has 1 aromatic carbocycles. The number of carbonyl (C=O) groups is 1. The van der Waals surface area contributed by atoms with Gasteiger partial charge in [-0.25, -0.2) is 22.9 Å². The van der Waals surface area contributed by atoms with Crippen molar-refractivity contribution in [1.82, 2.24) is 15.1 Å². The molecule has 0 saturated heterocycles. The van der Waals surface area contributed by atoms with Crippen molar-refractivity contribution >= 4 is 28.4 Å². The van der Waals surface area contributed by atoms with Crippen LogP contribution in [0, 0.1) is 0 Å². The predicted molar refractivity (Wildman–Crippen MR) is 102 cm³/mol. The van der Waals surface area contributed by atoms with Crippen LogP contribution in [0.25, 0.3) is 0 Å². The molecule has 2 N–H and O–H groups in total. The number of benzene rings is 1. The van der Waals surface area contributed by atoms with Crippen LogP contribution in [-0.2, 0) is 19.6 Å². The van der Waals surface area contributed by atoms with Gasteiger partial charge >= 0.3 is 12.2 Å². The average molecular weight is 467 g/mol. The van der Waals surface area contributed by atoms with Gasteiger partial charge in [0, 0.05) is 7.11 Å². The summed E-state index contributed by atoms with van der Waals surface area (Å²) in [5.74, 6) is -0.350. The van der Waals surface area contributed by atoms with E-state index in [0.717, 1.165) is 13.4 Å². The highest BCUT2D eigenvalue weighted by molar-refractivity contribution is 7.90. The number of urea groups is 1. The zero-order valence-corrected chi connectivity index (χ0v) is 17.2. The maximum atomic E-state index is 12.5. The van der Waals surface area contributed by atoms with E-state index in [2.05, 4.69) is 20.1 Å². The van der Waals surface area contributed by atoms with Crippen molar-refractivity contribution in [3.05, 3.63) is 24.3 Å². The topological polar surface area (TPSA) is 131 Å². The maximum Gasteiger partial charge on any atom is 0.414 e. The predicted octanol–water partition coefficient (Wildman–Crippen LogP) is 1.59. The zero-order chi connectivity index (χ0) is 23.1. The van der Waals surface area contributed by atoms with E-state index in [1.807, 2.05) is 6.92 Å². The van der Waals surface area contributed by atoms with Crippen molar-refractivity contribution in [2.24, 2.45) is 9.98 Å². The number of guanidine groups is 1. The minimum absolute atomic E-state index is 0.0644. The molecule has 2 rings (SSSR count). The molecule has 1 aliphatic heterocycles. The van der Waals surface area contributed by atoms with E-state index in [1.165, 1.54) is 18.2 Å². The van der Waals surface area contributed by atoms with Gasteiger partial charge in [0.25, 0.3) is 16.4 Å². The second kappa shape index (κ2) is 10.4. The zero-order valence-electron chi connectivity index (χ0n) is 16.4. The van der Waals surface area contributed by atoms with E-state index < -0.39 is 41.1 Å². The number of aliphatic imine (C=N–C) groups is 2. The average Bonchev–Trinajstić information content (AvgIpc) is 2.70. The Bertz CT molecular complexity index is 938. The van der Waals surface area contributed by atoms with Crippen molar-refractivity contribution in [2.45, 2.75) is 30.8 Å². The Labute approximate surface area is 175 Å². The van der Waals surface area contributed by atoms with Crippen LogP contribution in [0.15, 0.2) is 39.1 Å². The van der Waals surface area contributed by atoms with Crippen LogP contribution in [0.3, 0.4) is 0 Å². The van der Waals surface area contributed by atoms with Crippen molar-refractivity contribution in [3.63, 3.8) is 0 Å². The molecule has 0 radical (unpaired) electrons. The number of carbonyl (C=O) groups excluding carboxylic acids is 1. The second-order valence-electron chi connectivity index (χ2n) is 5.86. The molecule has 0 fully saturated rings. The standard InChI is InChI=1S/C16H20F3N5O6S/c1-3-8-29-11-6-4-5-7-12(11)31(26,27)23-14(25)21-13-20-10-24(15(22-13)28-2)30-9-16(17,18)19/h4-7,10,15H,3,8-9H2,1-2H3,(H2,21,22,23,25). The molecule has 1 unspecified atom stereocenters. The number of ether oxygens (including phenoxy) is 2. The molecular formula is C16H20F3N5O6S. The van der Waals surface area contributed by atoms with Crippen LogP contribution in [-0.4, -0.2) is 64.7 Å². The minimum Gasteiger partial charge on any atom is -0.492 e. The number of alkyl halides is 3. The molecule has 172 valence electrons. The Morgan fingerprint density at radius 2 is 2.00 bits per heavy atom. The van der Waals surface area contributed by atoms with Gasteiger partial charge in [-0.3, -0.25) is 10.2 Å². The number of nitrogens with one attached hydrogen (secondary N) is 2. The first-order chi connectivity index (χ1) is 14.6. The number of para-hydroxylation sites is 1. The Morgan fingerprint density at radius 1 is 1.29 bits per heavy atom. The van der Waals surface area contributed by atoms with Gasteiger partial charge in [0.15, 0.2) is 6.61 Å². The largest absolute Gasteiger partial charge is 0.492 e. The van der Waals surface area contributed by atoms with E-state index in [-0.39, 0.29) is 17.3 Å². The van der Waals surface area contributed by atoms with Crippen molar-refractivity contribution < 1.29 is 40.7 Å². The molecule has 0 aromatic heterocycles. The lowest BCUT2D eigenvalue weighted by molar-refractivity contribution is -0.260. The van der Waals surface area contributed by atoms with Gasteiger partial charge in [-0.2, -0.15) is 23.2 Å². The normalized spacial score (nSPS) is 16.6. The summed E-state index contributed by atoms with van der Waals surface area (Å²) in [6, 6.07) is 4.53. The number of nitrogens with zero attached hydrogens (tertiary/aromatic N) is 3. The molecule has 0 spiro atoms. The van der Waals surface area contributed by atoms with E-state index in [4.69, 9.17) is 9.47 Å². The van der Waals surface area contributed by atoms with Crippen LogP contribution in [0.1, 0.15) is 13.3 Å². The minimum atomic E-state index is -4.60. The summed E-state index contributed by atoms with van der Waals surface area (Å²) < 4.78 is 73.9. The smallest absolute Gasteiger partial charge is 0.414 e. The van der Waals surface area contributed by atoms with E-state index in [0.29, 0.717) is 11.5 Å². The first-order valence-electron chi connectivity index (χ1n) is 8.74. The number of halogens is 3. The van der Waals surface area contributed by atoms with E-state index >= 15 is 0 Å². The third kappa shape index (κ3) is 7.37. The first-order valence-corrected chi connectivity index (χ1v) is 10.2. The number of hydrogen-bond donors (Lipinski definition) is 2. The Kier molecular flexibility index (Phi) is 8.18. The Morgan fingerprint density at radius 3 is 2.65 bits per heavy atom. The van der Waals surface area contributed by atoms with Gasteiger partial charge in [-0.15, -0.1) is 0 Å². The molecule has 1 heterocycles. The summed E-state index contributed by atoms with van der Waals surface area (Å²) in [6.07, 6.45) is -4.55. The van der Waals surface area contributed by atoms with Crippen LogP contribution < -0.4 is 14.8 Å². The highest BCUT2D eigenvalue weighted by atomic mass is 32.2. The molecule has 1 aromatic rings. The van der Waals surface area contributed by atoms with Gasteiger partial charge in [0.2, 0.25) is 5.96 Å². The number of methoxy groups -OCH3 is 1. The fraction of sp³-hybridized carbons (Fsp3) is 0.438. The third-order valence-corrected chi connectivity index (χ3v) is 4.76. The van der Waals surface area contributed by atoms with Crippen molar-refractivity contribution in [1.29, 1.82) is 0 Å². The monoisotopic (exact) mass is 467 g/mol. The van der Waals surface area contributed by atoms with Gasteiger partial charge in [-0.1, -0.05) is 19.1 Å². The third-order valence-electron chi connectivity index (χ3n) is 3.39. The summed E-state index contributed by atoms with van der Waals surface area (Å²) in [7, 11) is -3.18. The van der Waals surface area contributed by atoms with Gasteiger partial charge in [-0.05, 0) is 18.6 Å². The van der Waals surface area contributed by atoms with E-state index in [9.17, 15) is 26.4 Å². The van der Waals surface area contributed by atoms with Crippen LogP contribution >= 0.6 is 0 Å². The lowest BCUT2D eigenvalue weighted by Gasteiger charge is -2.27. The molecular weight excluding hydrogens is 447 g/mol. The van der Waals surface area contributed by atoms with Crippen molar-refractivity contribution in [3.8, 4) is 5.75 Å². The van der Waals surface area contributed by atoms with Crippen LogP contribution in [0.2, 0.25) is 0 Å². The lowest BCUT2D eigenvalue weighted by Crippen LogP contribution is -2.46. The van der Waals surface area contributed by atoms with Gasteiger partial charge in [0.1, 0.15) is 17.0 Å². The Hall–Kier alpha value is -2.91. The molecule has 1 aliphatic rings. The highest BCUT2D eigenvalue weighted by Gasteiger charge is 2.32. The maximum absolute atomic E-state index is 12.5. The number of rotatable bonds is 8. The van der Waals surface area contributed by atoms with Crippen LogP contribution in [0.4, 0.5) is 18.0 Å². The van der Waals surface area contributed by atoms with Crippen LogP contribution in [0.5, 0.6) is 5.75 Å². The number of amides is 2. The molecule has 31 heavy (non-hydrogen) atoms. The summed E-state index contributed by atoms with van der Waals surface area (Å²) in [5, 5.41) is 2.64. The molecule has 0 saturated carbocycles.